The largest absolute Gasteiger partial charge is 0.140 e. The Labute approximate surface area is 85.7 Å². The van der Waals surface area contributed by atoms with Gasteiger partial charge in [0.25, 0.3) is 0 Å². The van der Waals surface area contributed by atoms with Gasteiger partial charge < -0.3 is 0 Å². The number of hydrogen-bond donors (Lipinski definition) is 0. The molecule has 11 heavy (non-hydrogen) atoms. The molecule has 0 radical (unpaired) electrons. The van der Waals surface area contributed by atoms with Gasteiger partial charge in [-0.3, -0.25) is 0 Å². The molecule has 0 aliphatic carbocycles. The van der Waals surface area contributed by atoms with Crippen LogP contribution < -0.4 is 0 Å². The molecule has 0 saturated heterocycles. The molecule has 0 saturated carbocycles. The molecule has 0 spiro atoms. The van der Waals surface area contributed by atoms with Gasteiger partial charge in [0.1, 0.15) is 0 Å². The van der Waals surface area contributed by atoms with Gasteiger partial charge in [-0.15, -0.1) is 35.3 Å². The Morgan fingerprint density at radius 2 is 0.818 bits per heavy atom. The van der Waals surface area contributed by atoms with Crippen LogP contribution in [0.15, 0.2) is 0 Å². The van der Waals surface area contributed by atoms with Crippen LogP contribution in [-0.2, 0) is 0 Å². The van der Waals surface area contributed by atoms with Crippen molar-refractivity contribution in [1.82, 2.24) is 0 Å². The lowest BCUT2D eigenvalue weighted by molar-refractivity contribution is 1.50. The first-order chi connectivity index (χ1) is 5.35. The Bertz CT molecular complexity index is 30.8. The van der Waals surface area contributed by atoms with Gasteiger partial charge >= 0.3 is 0 Å². The maximum atomic E-state index is 2.14. The van der Waals surface area contributed by atoms with E-state index in [0.29, 0.717) is 0 Å². The Kier molecular flexibility index (Phi) is 36.7. The lowest BCUT2D eigenvalue weighted by atomic mass is 11.0. The average Bonchev–Trinajstić information content (AvgIpc) is 2.14. The first kappa shape index (κ1) is 18.0. The minimum absolute atomic E-state index is 0.736. The van der Waals surface area contributed by atoms with E-state index in [4.69, 9.17) is 0 Å². The minimum atomic E-state index is 0.736. The fourth-order valence-electron chi connectivity index (χ4n) is 0.289. The zero-order chi connectivity index (χ0) is 9.70. The van der Waals surface area contributed by atoms with E-state index in [1.165, 1.54) is 0 Å². The van der Waals surface area contributed by atoms with E-state index in [-0.39, 0.29) is 0 Å². The van der Waals surface area contributed by atoms with Gasteiger partial charge in [0.05, 0.1) is 3.91 Å². The standard InChI is InChI=1S/C4H10S3.2C2H6/c1-5-4(6-2)7-3;2*1-2/h4H,1-3H3;2*1-2H3. The van der Waals surface area contributed by atoms with E-state index in [1.54, 1.807) is 0 Å². The third-order valence-electron chi connectivity index (χ3n) is 0.577. The van der Waals surface area contributed by atoms with E-state index >= 15 is 0 Å². The average molecular weight is 214 g/mol. The first-order valence-corrected chi connectivity index (χ1v) is 7.80. The monoisotopic (exact) mass is 214 g/mol. The highest BCUT2D eigenvalue weighted by Gasteiger charge is 1.97. The zero-order valence-corrected chi connectivity index (χ0v) is 11.3. The van der Waals surface area contributed by atoms with Crippen LogP contribution in [0.2, 0.25) is 0 Å². The molecule has 0 aromatic carbocycles. The molecule has 0 unspecified atom stereocenters. The summed E-state index contributed by atoms with van der Waals surface area (Å²) in [5.74, 6) is 0. The summed E-state index contributed by atoms with van der Waals surface area (Å²) in [7, 11) is 0. The van der Waals surface area contributed by atoms with Crippen molar-refractivity contribution in [2.75, 3.05) is 18.8 Å². The highest BCUT2D eigenvalue weighted by atomic mass is 32.3. The molecule has 0 aliphatic rings. The highest BCUT2D eigenvalue weighted by Crippen LogP contribution is 2.27. The number of hydrogen-bond acceptors (Lipinski definition) is 3. The molecule has 0 bridgehead atoms. The fourth-order valence-corrected chi connectivity index (χ4v) is 2.60. The highest BCUT2D eigenvalue weighted by molar-refractivity contribution is 8.31. The second kappa shape index (κ2) is 22.5. The Morgan fingerprint density at radius 1 is 0.636 bits per heavy atom. The van der Waals surface area contributed by atoms with Crippen LogP contribution in [0.5, 0.6) is 0 Å². The first-order valence-electron chi connectivity index (χ1n) is 3.93. The number of rotatable bonds is 3. The molecule has 0 aromatic rings. The van der Waals surface area contributed by atoms with Crippen LogP contribution in [0.25, 0.3) is 0 Å². The molecule has 0 aromatic heterocycles. The topological polar surface area (TPSA) is 0 Å². The molecule has 0 aliphatic heterocycles. The summed E-state index contributed by atoms with van der Waals surface area (Å²) in [5.41, 5.74) is 0. The van der Waals surface area contributed by atoms with Gasteiger partial charge in [-0.1, -0.05) is 27.7 Å². The van der Waals surface area contributed by atoms with Crippen LogP contribution in [0, 0.1) is 0 Å². The van der Waals surface area contributed by atoms with Gasteiger partial charge in [0.15, 0.2) is 0 Å². The van der Waals surface area contributed by atoms with Crippen LogP contribution in [0.1, 0.15) is 27.7 Å². The van der Waals surface area contributed by atoms with Crippen molar-refractivity contribution in [1.29, 1.82) is 0 Å². The smallest absolute Gasteiger partial charge is 0.0947 e. The van der Waals surface area contributed by atoms with E-state index in [9.17, 15) is 0 Å². The maximum absolute atomic E-state index is 2.14. The summed E-state index contributed by atoms with van der Waals surface area (Å²) in [6.45, 7) is 8.00. The summed E-state index contributed by atoms with van der Waals surface area (Å²) in [4.78, 5) is 0. The summed E-state index contributed by atoms with van der Waals surface area (Å²) in [5, 5.41) is 0. The van der Waals surface area contributed by atoms with E-state index in [2.05, 4.69) is 18.8 Å². The van der Waals surface area contributed by atoms with Gasteiger partial charge in [0.2, 0.25) is 0 Å². The molecular weight excluding hydrogens is 192 g/mol. The molecule has 3 heteroatoms. The van der Waals surface area contributed by atoms with Crippen molar-refractivity contribution in [2.45, 2.75) is 31.6 Å². The summed E-state index contributed by atoms with van der Waals surface area (Å²) < 4.78 is 0.736. The number of thioether (sulfide) groups is 3. The molecule has 0 fully saturated rings. The van der Waals surface area contributed by atoms with Crippen molar-refractivity contribution in [3.05, 3.63) is 0 Å². The molecule has 72 valence electrons. The molecule has 0 rings (SSSR count). The SMILES string of the molecule is CC.CC.CSC(SC)SC. The van der Waals surface area contributed by atoms with Gasteiger partial charge in [0, 0.05) is 0 Å². The van der Waals surface area contributed by atoms with Crippen LogP contribution >= 0.6 is 35.3 Å². The van der Waals surface area contributed by atoms with E-state index < -0.39 is 0 Å². The van der Waals surface area contributed by atoms with Crippen molar-refractivity contribution < 1.29 is 0 Å². The quantitative estimate of drug-likeness (QED) is 0.639. The summed E-state index contributed by atoms with van der Waals surface area (Å²) >= 11 is 5.69. The van der Waals surface area contributed by atoms with E-state index in [0.717, 1.165) is 3.91 Å². The predicted molar refractivity (Wildman–Crippen MR) is 67.0 cm³/mol. The molecule has 0 N–H and O–H groups in total. The Hall–Kier alpha value is 1.05. The van der Waals surface area contributed by atoms with Crippen LogP contribution in [0.3, 0.4) is 0 Å². The van der Waals surface area contributed by atoms with Gasteiger partial charge in [-0.05, 0) is 18.8 Å². The predicted octanol–water partition coefficient (Wildman–Crippen LogP) is 4.41. The van der Waals surface area contributed by atoms with Crippen LogP contribution in [-0.4, -0.2) is 22.7 Å². The molecule has 0 amide bonds. The second-order valence-electron chi connectivity index (χ2n) is 0.996. The van der Waals surface area contributed by atoms with Crippen molar-refractivity contribution in [3.8, 4) is 0 Å². The normalized spacial score (nSPS) is 7.64. The van der Waals surface area contributed by atoms with Crippen molar-refractivity contribution in [3.63, 3.8) is 0 Å². The summed E-state index contributed by atoms with van der Waals surface area (Å²) in [6.07, 6.45) is 6.41. The summed E-state index contributed by atoms with van der Waals surface area (Å²) in [6, 6.07) is 0. The van der Waals surface area contributed by atoms with Crippen LogP contribution in [0.4, 0.5) is 0 Å². The van der Waals surface area contributed by atoms with Gasteiger partial charge in [-0.2, -0.15) is 0 Å². The molecule has 0 atom stereocenters. The van der Waals surface area contributed by atoms with E-state index in [1.807, 2.05) is 63.0 Å². The van der Waals surface area contributed by atoms with Gasteiger partial charge in [-0.25, -0.2) is 0 Å². The third-order valence-corrected chi connectivity index (χ3v) is 5.20. The Morgan fingerprint density at radius 3 is 0.818 bits per heavy atom. The molecular formula is C8H22S3. The maximum Gasteiger partial charge on any atom is 0.0947 e. The van der Waals surface area contributed by atoms with Crippen molar-refractivity contribution in [2.24, 2.45) is 0 Å². The zero-order valence-electron chi connectivity index (χ0n) is 8.80. The molecule has 0 heterocycles. The minimum Gasteiger partial charge on any atom is -0.140 e. The Balaban J connectivity index is -0.000000138. The van der Waals surface area contributed by atoms with Crippen molar-refractivity contribution >= 4 is 35.3 Å². The second-order valence-corrected chi connectivity index (χ2v) is 4.72. The molecule has 0 nitrogen and oxygen atoms in total. The fraction of sp³-hybridized carbons (Fsp3) is 1.00. The third kappa shape index (κ3) is 18.2. The lowest BCUT2D eigenvalue weighted by Crippen LogP contribution is -1.82. The lowest BCUT2D eigenvalue weighted by Gasteiger charge is -2.04.